The Kier molecular flexibility index (Phi) is 6.34. The third-order valence-electron chi connectivity index (χ3n) is 4.01. The lowest BCUT2D eigenvalue weighted by molar-refractivity contribution is 0.177. The van der Waals surface area contributed by atoms with E-state index in [1.54, 1.807) is 0 Å². The molecule has 3 heteroatoms. The maximum absolute atomic E-state index is 5.86. The Morgan fingerprint density at radius 2 is 2.20 bits per heavy atom. The second-order valence-corrected chi connectivity index (χ2v) is 5.84. The highest BCUT2D eigenvalue weighted by Crippen LogP contribution is 2.26. The summed E-state index contributed by atoms with van der Waals surface area (Å²) in [4.78, 5) is 2.40. The van der Waals surface area contributed by atoms with Gasteiger partial charge in [-0.1, -0.05) is 25.5 Å². The second kappa shape index (κ2) is 8.28. The molecule has 1 aromatic carbocycles. The Labute approximate surface area is 123 Å². The van der Waals surface area contributed by atoms with Gasteiger partial charge in [-0.15, -0.1) is 0 Å². The lowest BCUT2D eigenvalue weighted by Gasteiger charge is -2.30. The molecule has 0 aliphatic heterocycles. The Hall–Kier alpha value is -1.06. The molecule has 0 heterocycles. The van der Waals surface area contributed by atoms with E-state index in [0.717, 1.165) is 37.9 Å². The SMILES string of the molecule is CCNCc1cccc(OCCN(C)CC2CCC2)c1. The van der Waals surface area contributed by atoms with Crippen LogP contribution in [0.5, 0.6) is 5.75 Å². The van der Waals surface area contributed by atoms with Crippen LogP contribution in [0.4, 0.5) is 0 Å². The van der Waals surface area contributed by atoms with Crippen LogP contribution in [0.3, 0.4) is 0 Å². The number of rotatable bonds is 9. The van der Waals surface area contributed by atoms with Crippen LogP contribution in [0.1, 0.15) is 31.7 Å². The molecule has 1 fully saturated rings. The van der Waals surface area contributed by atoms with Crippen molar-refractivity contribution in [1.82, 2.24) is 10.2 Å². The molecule has 0 radical (unpaired) electrons. The minimum atomic E-state index is 0.772. The third-order valence-corrected chi connectivity index (χ3v) is 4.01. The Morgan fingerprint density at radius 3 is 2.90 bits per heavy atom. The molecule has 0 amide bonds. The Morgan fingerprint density at radius 1 is 1.35 bits per heavy atom. The highest BCUT2D eigenvalue weighted by atomic mass is 16.5. The van der Waals surface area contributed by atoms with E-state index in [4.69, 9.17) is 4.74 Å². The molecule has 0 atom stereocenters. The number of hydrogen-bond donors (Lipinski definition) is 1. The van der Waals surface area contributed by atoms with Gasteiger partial charge in [-0.3, -0.25) is 0 Å². The average Bonchev–Trinajstić information content (AvgIpc) is 2.41. The van der Waals surface area contributed by atoms with Crippen LogP contribution >= 0.6 is 0 Å². The molecule has 112 valence electrons. The fourth-order valence-corrected chi connectivity index (χ4v) is 2.54. The van der Waals surface area contributed by atoms with Gasteiger partial charge < -0.3 is 15.0 Å². The van der Waals surface area contributed by atoms with E-state index in [0.29, 0.717) is 0 Å². The van der Waals surface area contributed by atoms with E-state index in [2.05, 4.69) is 42.4 Å². The molecule has 3 nitrogen and oxygen atoms in total. The van der Waals surface area contributed by atoms with Crippen molar-refractivity contribution in [2.45, 2.75) is 32.7 Å². The van der Waals surface area contributed by atoms with Gasteiger partial charge in [0.25, 0.3) is 0 Å². The first-order valence-corrected chi connectivity index (χ1v) is 7.89. The van der Waals surface area contributed by atoms with Crippen LogP contribution in [-0.4, -0.2) is 38.2 Å². The van der Waals surface area contributed by atoms with Crippen LogP contribution in [0.25, 0.3) is 0 Å². The average molecular weight is 276 g/mol. The molecule has 0 aromatic heterocycles. The van der Waals surface area contributed by atoms with Crippen molar-refractivity contribution in [3.8, 4) is 5.75 Å². The highest BCUT2D eigenvalue weighted by molar-refractivity contribution is 5.28. The van der Waals surface area contributed by atoms with Crippen LogP contribution in [0.2, 0.25) is 0 Å². The van der Waals surface area contributed by atoms with E-state index in [1.807, 2.05) is 6.07 Å². The van der Waals surface area contributed by atoms with Crippen LogP contribution in [-0.2, 0) is 6.54 Å². The molecular formula is C17H28N2O. The van der Waals surface area contributed by atoms with E-state index >= 15 is 0 Å². The number of benzene rings is 1. The lowest BCUT2D eigenvalue weighted by Crippen LogP contribution is -2.32. The zero-order chi connectivity index (χ0) is 14.2. The van der Waals surface area contributed by atoms with Crippen molar-refractivity contribution in [3.63, 3.8) is 0 Å². The summed E-state index contributed by atoms with van der Waals surface area (Å²) in [6.45, 7) is 7.04. The maximum atomic E-state index is 5.86. The van der Waals surface area contributed by atoms with Gasteiger partial charge in [0.05, 0.1) is 0 Å². The van der Waals surface area contributed by atoms with Crippen molar-refractivity contribution < 1.29 is 4.74 Å². The predicted molar refractivity (Wildman–Crippen MR) is 84.2 cm³/mol. The molecule has 0 bridgehead atoms. The number of nitrogens with zero attached hydrogens (tertiary/aromatic N) is 1. The van der Waals surface area contributed by atoms with Crippen molar-refractivity contribution >= 4 is 0 Å². The zero-order valence-electron chi connectivity index (χ0n) is 12.9. The molecule has 1 aromatic rings. The minimum Gasteiger partial charge on any atom is -0.492 e. The van der Waals surface area contributed by atoms with E-state index in [9.17, 15) is 0 Å². The first-order chi connectivity index (χ1) is 9.78. The third kappa shape index (κ3) is 5.14. The topological polar surface area (TPSA) is 24.5 Å². The summed E-state index contributed by atoms with van der Waals surface area (Å²) >= 11 is 0. The van der Waals surface area contributed by atoms with Gasteiger partial charge in [0.1, 0.15) is 12.4 Å². The summed E-state index contributed by atoms with van der Waals surface area (Å²) < 4.78 is 5.86. The monoisotopic (exact) mass is 276 g/mol. The van der Waals surface area contributed by atoms with E-state index < -0.39 is 0 Å². The standard InChI is InChI=1S/C17H28N2O/c1-3-18-13-16-8-5-9-17(12-16)20-11-10-19(2)14-15-6-4-7-15/h5,8-9,12,15,18H,3-4,6-7,10-11,13-14H2,1-2H3. The van der Waals surface area contributed by atoms with Crippen molar-refractivity contribution in [2.24, 2.45) is 5.92 Å². The molecule has 20 heavy (non-hydrogen) atoms. The molecule has 0 saturated heterocycles. The second-order valence-electron chi connectivity index (χ2n) is 5.84. The summed E-state index contributed by atoms with van der Waals surface area (Å²) in [5, 5.41) is 3.34. The van der Waals surface area contributed by atoms with E-state index in [-0.39, 0.29) is 0 Å². The number of ether oxygens (including phenoxy) is 1. The van der Waals surface area contributed by atoms with Gasteiger partial charge in [0, 0.05) is 19.6 Å². The van der Waals surface area contributed by atoms with Crippen LogP contribution in [0, 0.1) is 5.92 Å². The predicted octanol–water partition coefficient (Wildman–Crippen LogP) is 2.91. The van der Waals surface area contributed by atoms with Gasteiger partial charge in [-0.05, 0) is 50.0 Å². The van der Waals surface area contributed by atoms with Crippen LogP contribution in [0.15, 0.2) is 24.3 Å². The minimum absolute atomic E-state index is 0.772. The van der Waals surface area contributed by atoms with Crippen LogP contribution < -0.4 is 10.1 Å². The van der Waals surface area contributed by atoms with Gasteiger partial charge >= 0.3 is 0 Å². The molecule has 1 N–H and O–H groups in total. The van der Waals surface area contributed by atoms with E-state index in [1.165, 1.54) is 31.4 Å². The first kappa shape index (κ1) is 15.3. The highest BCUT2D eigenvalue weighted by Gasteiger charge is 2.18. The fraction of sp³-hybridized carbons (Fsp3) is 0.647. The summed E-state index contributed by atoms with van der Waals surface area (Å²) in [7, 11) is 2.20. The summed E-state index contributed by atoms with van der Waals surface area (Å²) in [6.07, 6.45) is 4.25. The lowest BCUT2D eigenvalue weighted by atomic mass is 9.85. The molecular weight excluding hydrogens is 248 g/mol. The Bertz CT molecular complexity index is 390. The fourth-order valence-electron chi connectivity index (χ4n) is 2.54. The van der Waals surface area contributed by atoms with Crippen molar-refractivity contribution in [2.75, 3.05) is 33.3 Å². The number of hydrogen-bond acceptors (Lipinski definition) is 3. The van der Waals surface area contributed by atoms with Gasteiger partial charge in [-0.2, -0.15) is 0 Å². The van der Waals surface area contributed by atoms with Gasteiger partial charge in [0.2, 0.25) is 0 Å². The van der Waals surface area contributed by atoms with Gasteiger partial charge in [0.15, 0.2) is 0 Å². The largest absolute Gasteiger partial charge is 0.492 e. The number of nitrogens with one attached hydrogen (secondary N) is 1. The zero-order valence-corrected chi connectivity index (χ0v) is 12.9. The molecule has 1 aliphatic rings. The summed E-state index contributed by atoms with van der Waals surface area (Å²) in [5.41, 5.74) is 1.28. The van der Waals surface area contributed by atoms with Crippen molar-refractivity contribution in [1.29, 1.82) is 0 Å². The smallest absolute Gasteiger partial charge is 0.119 e. The molecule has 0 unspecified atom stereocenters. The molecule has 1 aliphatic carbocycles. The molecule has 0 spiro atoms. The Balaban J connectivity index is 1.67. The maximum Gasteiger partial charge on any atom is 0.119 e. The molecule has 2 rings (SSSR count). The quantitative estimate of drug-likeness (QED) is 0.750. The van der Waals surface area contributed by atoms with Gasteiger partial charge in [-0.25, -0.2) is 0 Å². The molecule has 1 saturated carbocycles. The summed E-state index contributed by atoms with van der Waals surface area (Å²) in [5.74, 6) is 1.92. The number of likely N-dealkylation sites (N-methyl/N-ethyl adjacent to an activating group) is 1. The first-order valence-electron chi connectivity index (χ1n) is 7.89. The summed E-state index contributed by atoms with van der Waals surface area (Å²) in [6, 6.07) is 8.38. The van der Waals surface area contributed by atoms with Crippen molar-refractivity contribution in [3.05, 3.63) is 29.8 Å². The normalized spacial score (nSPS) is 15.3.